The molecule has 3 N–H and O–H groups in total. The quantitative estimate of drug-likeness (QED) is 0.252. The van der Waals surface area contributed by atoms with Gasteiger partial charge in [0.25, 0.3) is 0 Å². The number of carbonyl (C=O) groups excluding carboxylic acids is 1. The minimum Gasteiger partial charge on any atom is -0.597 e. The van der Waals surface area contributed by atoms with E-state index in [-0.39, 0.29) is 11.5 Å². The topological polar surface area (TPSA) is 73.1 Å². The minimum absolute atomic E-state index is 0.162. The van der Waals surface area contributed by atoms with Gasteiger partial charge in [0.05, 0.1) is 13.2 Å². The fraction of sp³-hybridized carbons (Fsp3) is 0.333. The molecule has 0 saturated heterocycles. The Kier molecular flexibility index (Phi) is 3.17. The molecule has 4 heteroatoms. The van der Waals surface area contributed by atoms with Gasteiger partial charge in [-0.25, -0.2) is 4.79 Å². The number of ether oxygens (including phenoxy) is 1. The number of rotatable bonds is 2. The maximum absolute atomic E-state index is 10.5. The molecule has 10 heavy (non-hydrogen) atoms. The van der Waals surface area contributed by atoms with Crippen molar-refractivity contribution in [3.63, 3.8) is 0 Å². The number of allylic oxidation sites excluding steroid dienone is 1. The zero-order chi connectivity index (χ0) is 8.15. The summed E-state index contributed by atoms with van der Waals surface area (Å²) < 4.78 is 4.22. The van der Waals surface area contributed by atoms with Crippen LogP contribution < -0.4 is 0 Å². The van der Waals surface area contributed by atoms with Gasteiger partial charge in [0.15, 0.2) is 0 Å². The Bertz CT molecular complexity index is 179. The summed E-state index contributed by atoms with van der Waals surface area (Å²) >= 11 is 0. The van der Waals surface area contributed by atoms with Crippen molar-refractivity contribution in [1.29, 1.82) is 5.41 Å². The predicted molar refractivity (Wildman–Crippen MR) is 37.1 cm³/mol. The zero-order valence-electron chi connectivity index (χ0n) is 5.89. The van der Waals surface area contributed by atoms with Crippen molar-refractivity contribution in [1.82, 2.24) is 0 Å². The minimum atomic E-state index is -0.716. The molecule has 0 radical (unpaired) electrons. The van der Waals surface area contributed by atoms with E-state index in [0.29, 0.717) is 0 Å². The van der Waals surface area contributed by atoms with E-state index in [1.165, 1.54) is 14.0 Å². The van der Waals surface area contributed by atoms with E-state index >= 15 is 0 Å². The van der Waals surface area contributed by atoms with Gasteiger partial charge in [-0.2, -0.15) is 0 Å². The highest BCUT2D eigenvalue weighted by Crippen LogP contribution is 1.87. The molecule has 0 heterocycles. The molecule has 0 rings (SSSR count). The average molecular weight is 144 g/mol. The van der Waals surface area contributed by atoms with Gasteiger partial charge in [-0.3, -0.25) is 5.41 Å². The Balaban J connectivity index is 4.11. The summed E-state index contributed by atoms with van der Waals surface area (Å²) in [4.78, 5) is 10.5. The molecule has 0 aromatic heterocycles. The molecule has 0 aliphatic heterocycles. The van der Waals surface area contributed by atoms with Crippen LogP contribution in [0.4, 0.5) is 0 Å². The molecule has 0 fully saturated rings. The van der Waals surface area contributed by atoms with Crippen molar-refractivity contribution in [2.24, 2.45) is 0 Å². The second-order valence-electron chi connectivity index (χ2n) is 1.73. The molecule has 0 saturated carbocycles. The van der Waals surface area contributed by atoms with Crippen LogP contribution in [0.25, 0.3) is 0 Å². The number of nitrogens with one attached hydrogen (secondary N) is 1. The second-order valence-corrected chi connectivity index (χ2v) is 1.73. The van der Waals surface area contributed by atoms with Crippen molar-refractivity contribution in [2.45, 2.75) is 6.92 Å². The Labute approximate surface area is 58.6 Å². The Hall–Kier alpha value is -1.32. The highest BCUT2D eigenvalue weighted by Gasteiger charge is 2.06. The lowest BCUT2D eigenvalue weighted by Gasteiger charge is -1.92. The fourth-order valence-corrected chi connectivity index (χ4v) is 0.385. The van der Waals surface area contributed by atoms with Crippen LogP contribution in [0.2, 0.25) is 0 Å². The second kappa shape index (κ2) is 3.66. The fourth-order valence-electron chi connectivity index (χ4n) is 0.385. The van der Waals surface area contributed by atoms with Crippen molar-refractivity contribution < 1.29 is 14.6 Å². The van der Waals surface area contributed by atoms with Gasteiger partial charge in [0.1, 0.15) is 5.71 Å². The standard InChI is InChI=1S/C6H9NO3/c1-4(8)3-5(7)6(9)10-2/h3,7-8H,1-2H3/p+1/b4-3-,7-5?. The maximum atomic E-state index is 10.5. The number of hydrogen-bond acceptors (Lipinski definition) is 3. The van der Waals surface area contributed by atoms with Gasteiger partial charge in [0.2, 0.25) is 5.76 Å². The lowest BCUT2D eigenvalue weighted by Crippen LogP contribution is -2.11. The molecular weight excluding hydrogens is 134 g/mol. The SMILES string of the molecule is COC(=O)C(=N)/C=C(/C)[OH2+]. The molecule has 0 aliphatic rings. The summed E-state index contributed by atoms with van der Waals surface area (Å²) in [5.74, 6) is -0.554. The van der Waals surface area contributed by atoms with Crippen LogP contribution in [0.1, 0.15) is 6.92 Å². The van der Waals surface area contributed by atoms with Crippen LogP contribution >= 0.6 is 0 Å². The van der Waals surface area contributed by atoms with Crippen LogP contribution in [0, 0.1) is 5.41 Å². The third-order valence-corrected chi connectivity index (χ3v) is 0.766. The Morgan fingerprint density at radius 2 is 2.20 bits per heavy atom. The first-order chi connectivity index (χ1) is 4.57. The highest BCUT2D eigenvalue weighted by molar-refractivity contribution is 6.39. The smallest absolute Gasteiger partial charge is 0.356 e. The Morgan fingerprint density at radius 1 is 1.70 bits per heavy atom. The zero-order valence-corrected chi connectivity index (χ0v) is 5.89. The molecule has 0 aromatic rings. The van der Waals surface area contributed by atoms with Gasteiger partial charge in [-0.05, 0) is 0 Å². The van der Waals surface area contributed by atoms with Crippen LogP contribution in [0.15, 0.2) is 11.8 Å². The van der Waals surface area contributed by atoms with Crippen molar-refractivity contribution in [3.8, 4) is 0 Å². The summed E-state index contributed by atoms with van der Waals surface area (Å²) in [5.41, 5.74) is -0.296. The van der Waals surface area contributed by atoms with Crippen LogP contribution in [-0.4, -0.2) is 23.9 Å². The number of methoxy groups -OCH3 is 1. The van der Waals surface area contributed by atoms with Gasteiger partial charge in [0, 0.05) is 6.92 Å². The summed E-state index contributed by atoms with van der Waals surface area (Å²) in [6, 6.07) is 0. The molecule has 0 atom stereocenters. The molecule has 4 nitrogen and oxygen atoms in total. The largest absolute Gasteiger partial charge is 0.597 e. The summed E-state index contributed by atoms with van der Waals surface area (Å²) in [6.07, 6.45) is 1.13. The molecule has 0 bridgehead atoms. The highest BCUT2D eigenvalue weighted by atomic mass is 16.5. The third kappa shape index (κ3) is 2.86. The van der Waals surface area contributed by atoms with Gasteiger partial charge in [-0.15, -0.1) is 0 Å². The number of hydrogen-bond donors (Lipinski definition) is 1. The summed E-state index contributed by atoms with van der Waals surface area (Å²) in [6.45, 7) is 1.48. The van der Waals surface area contributed by atoms with E-state index < -0.39 is 5.97 Å². The summed E-state index contributed by atoms with van der Waals surface area (Å²) in [5, 5.41) is 13.8. The monoisotopic (exact) mass is 144 g/mol. The normalized spacial score (nSPS) is 10.8. The lowest BCUT2D eigenvalue weighted by molar-refractivity contribution is -0.132. The van der Waals surface area contributed by atoms with E-state index in [2.05, 4.69) is 4.74 Å². The van der Waals surface area contributed by atoms with E-state index in [1.807, 2.05) is 0 Å². The van der Waals surface area contributed by atoms with Crippen LogP contribution in [0.3, 0.4) is 0 Å². The van der Waals surface area contributed by atoms with E-state index in [9.17, 15) is 4.79 Å². The van der Waals surface area contributed by atoms with Crippen molar-refractivity contribution in [2.75, 3.05) is 7.11 Å². The number of carbonyl (C=O) groups is 1. The van der Waals surface area contributed by atoms with E-state index in [0.717, 1.165) is 6.08 Å². The molecule has 0 amide bonds. The average Bonchev–Trinajstić information content (AvgIpc) is 1.85. The van der Waals surface area contributed by atoms with Gasteiger partial charge < -0.3 is 9.84 Å². The molecule has 56 valence electrons. The molecule has 0 aliphatic carbocycles. The first-order valence-corrected chi connectivity index (χ1v) is 2.64. The molecular formula is C6H10NO3+. The molecule has 0 aromatic carbocycles. The van der Waals surface area contributed by atoms with Crippen LogP contribution in [0.5, 0.6) is 0 Å². The van der Waals surface area contributed by atoms with Crippen LogP contribution in [-0.2, 0) is 9.53 Å². The molecule has 0 unspecified atom stereocenters. The third-order valence-electron chi connectivity index (χ3n) is 0.766. The first-order valence-electron chi connectivity index (χ1n) is 2.64. The summed E-state index contributed by atoms with van der Waals surface area (Å²) in [7, 11) is 1.20. The van der Waals surface area contributed by atoms with Crippen molar-refractivity contribution >= 4 is 11.7 Å². The maximum Gasteiger partial charge on any atom is 0.356 e. The number of esters is 1. The van der Waals surface area contributed by atoms with Gasteiger partial charge >= 0.3 is 5.97 Å². The van der Waals surface area contributed by atoms with Crippen molar-refractivity contribution in [3.05, 3.63) is 11.8 Å². The van der Waals surface area contributed by atoms with E-state index in [4.69, 9.17) is 10.5 Å². The first kappa shape index (κ1) is 8.68. The van der Waals surface area contributed by atoms with E-state index in [1.54, 1.807) is 0 Å². The molecule has 0 spiro atoms. The predicted octanol–water partition coefficient (Wildman–Crippen LogP) is -0.192. The van der Waals surface area contributed by atoms with Gasteiger partial charge in [-0.1, -0.05) is 0 Å². The Morgan fingerprint density at radius 3 is 2.50 bits per heavy atom. The lowest BCUT2D eigenvalue weighted by atomic mass is 10.3.